The van der Waals surface area contributed by atoms with Crippen molar-refractivity contribution in [2.45, 2.75) is 194 Å². The summed E-state index contributed by atoms with van der Waals surface area (Å²) in [5.41, 5.74) is 0. The monoisotopic (exact) mass is 494 g/mol. The Morgan fingerprint density at radius 3 is 0.943 bits per heavy atom. The molecule has 1 amide bonds. The molecule has 210 valence electrons. The van der Waals surface area contributed by atoms with Crippen LogP contribution < -0.4 is 0 Å². The number of amides is 1. The van der Waals surface area contributed by atoms with Gasteiger partial charge in [0.1, 0.15) is 0 Å². The van der Waals surface area contributed by atoms with Gasteiger partial charge in [0.25, 0.3) is 0 Å². The minimum atomic E-state index is 0.437. The molecule has 0 spiro atoms. The van der Waals surface area contributed by atoms with Crippen molar-refractivity contribution in [2.75, 3.05) is 13.1 Å². The van der Waals surface area contributed by atoms with E-state index in [4.69, 9.17) is 0 Å². The van der Waals surface area contributed by atoms with E-state index < -0.39 is 0 Å². The number of carbonyl (C=O) groups is 1. The number of nitrogens with zero attached hydrogens (tertiary/aromatic N) is 1. The van der Waals surface area contributed by atoms with Crippen LogP contribution in [0.1, 0.15) is 194 Å². The molecule has 0 bridgehead atoms. The number of carbonyl (C=O) groups excluding carboxylic acids is 1. The maximum Gasteiger partial charge on any atom is 0.222 e. The fourth-order valence-corrected chi connectivity index (χ4v) is 5.16. The van der Waals surface area contributed by atoms with Gasteiger partial charge >= 0.3 is 0 Å². The van der Waals surface area contributed by atoms with E-state index >= 15 is 0 Å². The van der Waals surface area contributed by atoms with Crippen molar-refractivity contribution in [3.63, 3.8) is 0 Å². The smallest absolute Gasteiger partial charge is 0.222 e. The number of unbranched alkanes of at least 4 members (excludes halogenated alkanes) is 23. The van der Waals surface area contributed by atoms with Gasteiger partial charge < -0.3 is 4.90 Å². The van der Waals surface area contributed by atoms with Gasteiger partial charge in [0.2, 0.25) is 5.91 Å². The molecule has 0 atom stereocenters. The summed E-state index contributed by atoms with van der Waals surface area (Å²) >= 11 is 0. The third-order valence-corrected chi connectivity index (χ3v) is 7.66. The highest BCUT2D eigenvalue weighted by molar-refractivity contribution is 5.76. The largest absolute Gasteiger partial charge is 0.343 e. The molecular weight excluding hydrogens is 426 g/mol. The lowest BCUT2D eigenvalue weighted by atomic mass is 10.1. The molecule has 0 aromatic carbocycles. The molecule has 0 saturated heterocycles. The highest BCUT2D eigenvalue weighted by Crippen LogP contribution is 2.14. The lowest BCUT2D eigenvalue weighted by Gasteiger charge is -2.23. The maximum atomic E-state index is 12.9. The van der Waals surface area contributed by atoms with Crippen LogP contribution in [0.4, 0.5) is 0 Å². The predicted octanol–water partition coefficient (Wildman–Crippen LogP) is 11.4. The second-order valence-electron chi connectivity index (χ2n) is 11.3. The summed E-state index contributed by atoms with van der Waals surface area (Å²) in [6.07, 6.45) is 35.7. The topological polar surface area (TPSA) is 20.3 Å². The van der Waals surface area contributed by atoms with E-state index in [0.29, 0.717) is 5.91 Å². The van der Waals surface area contributed by atoms with Crippen LogP contribution >= 0.6 is 0 Å². The molecule has 0 aliphatic rings. The van der Waals surface area contributed by atoms with Crippen LogP contribution in [0.15, 0.2) is 0 Å². The Morgan fingerprint density at radius 2 is 0.629 bits per heavy atom. The average molecular weight is 494 g/mol. The molecule has 0 aromatic rings. The lowest BCUT2D eigenvalue weighted by molar-refractivity contribution is -0.131. The van der Waals surface area contributed by atoms with E-state index in [1.54, 1.807) is 0 Å². The van der Waals surface area contributed by atoms with Crippen LogP contribution in [0, 0.1) is 0 Å². The van der Waals surface area contributed by atoms with Gasteiger partial charge in [0.15, 0.2) is 0 Å². The van der Waals surface area contributed by atoms with Crippen LogP contribution in [0.2, 0.25) is 0 Å². The first-order valence-electron chi connectivity index (χ1n) is 16.5. The van der Waals surface area contributed by atoms with Gasteiger partial charge in [-0.3, -0.25) is 4.79 Å². The molecular formula is C33H67NO. The van der Waals surface area contributed by atoms with Crippen molar-refractivity contribution in [1.82, 2.24) is 4.90 Å². The number of hydrogen-bond donors (Lipinski definition) is 0. The Hall–Kier alpha value is -0.530. The number of hydrogen-bond acceptors (Lipinski definition) is 1. The summed E-state index contributed by atoms with van der Waals surface area (Å²) < 4.78 is 0. The minimum Gasteiger partial charge on any atom is -0.343 e. The molecule has 2 nitrogen and oxygen atoms in total. The Kier molecular flexibility index (Phi) is 29.2. The molecule has 0 saturated carbocycles. The molecule has 0 aromatic heterocycles. The minimum absolute atomic E-state index is 0.437. The van der Waals surface area contributed by atoms with Crippen LogP contribution in [-0.2, 0) is 4.79 Å². The molecule has 0 unspecified atom stereocenters. The van der Waals surface area contributed by atoms with E-state index in [0.717, 1.165) is 25.9 Å². The van der Waals surface area contributed by atoms with Gasteiger partial charge in [0.05, 0.1) is 0 Å². The van der Waals surface area contributed by atoms with Crippen molar-refractivity contribution < 1.29 is 4.79 Å². The van der Waals surface area contributed by atoms with Crippen molar-refractivity contribution in [1.29, 1.82) is 0 Å². The van der Waals surface area contributed by atoms with Gasteiger partial charge in [-0.25, -0.2) is 0 Å². The molecule has 0 heterocycles. The van der Waals surface area contributed by atoms with E-state index in [2.05, 4.69) is 25.7 Å². The third-order valence-electron chi connectivity index (χ3n) is 7.66. The first kappa shape index (κ1) is 34.5. The van der Waals surface area contributed by atoms with E-state index in [9.17, 15) is 4.79 Å². The average Bonchev–Trinajstić information content (AvgIpc) is 2.86. The zero-order chi connectivity index (χ0) is 25.7. The Morgan fingerprint density at radius 1 is 0.371 bits per heavy atom. The molecule has 0 fully saturated rings. The second-order valence-corrected chi connectivity index (χ2v) is 11.3. The Labute approximate surface area is 222 Å². The molecule has 0 aliphatic carbocycles. The van der Waals surface area contributed by atoms with Gasteiger partial charge in [0, 0.05) is 19.5 Å². The summed E-state index contributed by atoms with van der Waals surface area (Å²) in [5.74, 6) is 0.437. The number of rotatable bonds is 29. The van der Waals surface area contributed by atoms with E-state index in [-0.39, 0.29) is 0 Å². The predicted molar refractivity (Wildman–Crippen MR) is 158 cm³/mol. The summed E-state index contributed by atoms with van der Waals surface area (Å²) in [7, 11) is 0. The first-order valence-corrected chi connectivity index (χ1v) is 16.5. The van der Waals surface area contributed by atoms with Crippen molar-refractivity contribution >= 4 is 5.91 Å². The zero-order valence-corrected chi connectivity index (χ0v) is 24.9. The van der Waals surface area contributed by atoms with Crippen molar-refractivity contribution in [3.8, 4) is 0 Å². The van der Waals surface area contributed by atoms with Gasteiger partial charge in [-0.2, -0.15) is 0 Å². The third kappa shape index (κ3) is 26.3. The molecule has 0 radical (unpaired) electrons. The van der Waals surface area contributed by atoms with E-state index in [1.807, 2.05) is 0 Å². The summed E-state index contributed by atoms with van der Waals surface area (Å²) in [6, 6.07) is 0. The van der Waals surface area contributed by atoms with Gasteiger partial charge in [-0.1, -0.05) is 168 Å². The first-order chi connectivity index (χ1) is 17.3. The van der Waals surface area contributed by atoms with Crippen molar-refractivity contribution in [2.24, 2.45) is 0 Å². The van der Waals surface area contributed by atoms with Crippen LogP contribution in [0.3, 0.4) is 0 Å². The summed E-state index contributed by atoms with van der Waals surface area (Å²) in [6.45, 7) is 8.85. The molecule has 0 aliphatic heterocycles. The lowest BCUT2D eigenvalue weighted by Crippen LogP contribution is -2.32. The zero-order valence-electron chi connectivity index (χ0n) is 24.9. The molecule has 2 heteroatoms. The summed E-state index contributed by atoms with van der Waals surface area (Å²) in [4.78, 5) is 15.2. The summed E-state index contributed by atoms with van der Waals surface area (Å²) in [5, 5.41) is 0. The van der Waals surface area contributed by atoms with Gasteiger partial charge in [-0.15, -0.1) is 0 Å². The maximum absolute atomic E-state index is 12.9. The molecule has 0 rings (SSSR count). The standard InChI is InChI=1S/C33H67NO/c1-4-7-10-13-16-18-20-22-25-28-31-34(33(35)30-27-24-15-12-9-6-3)32-29-26-23-21-19-17-14-11-8-5-2/h4-32H2,1-3H3. The highest BCUT2D eigenvalue weighted by atomic mass is 16.2. The highest BCUT2D eigenvalue weighted by Gasteiger charge is 2.12. The molecule has 0 N–H and O–H groups in total. The molecule has 35 heavy (non-hydrogen) atoms. The fourth-order valence-electron chi connectivity index (χ4n) is 5.16. The second kappa shape index (κ2) is 29.7. The van der Waals surface area contributed by atoms with E-state index in [1.165, 1.54) is 161 Å². The van der Waals surface area contributed by atoms with Crippen LogP contribution in [-0.4, -0.2) is 23.9 Å². The SMILES string of the molecule is CCCCCCCCCCCCN(CCCCCCCCCCCC)C(=O)CCCCCCCC. The Bertz CT molecular complexity index is 384. The van der Waals surface area contributed by atoms with Crippen molar-refractivity contribution in [3.05, 3.63) is 0 Å². The van der Waals surface area contributed by atoms with Gasteiger partial charge in [-0.05, 0) is 19.3 Å². The quantitative estimate of drug-likeness (QED) is 0.0948. The Balaban J connectivity index is 4.01. The normalized spacial score (nSPS) is 11.3. The fraction of sp³-hybridized carbons (Fsp3) is 0.970. The van der Waals surface area contributed by atoms with Crippen LogP contribution in [0.25, 0.3) is 0 Å². The van der Waals surface area contributed by atoms with Crippen LogP contribution in [0.5, 0.6) is 0 Å².